The number of rotatable bonds is 1. The molecule has 0 saturated carbocycles. The SMILES string of the molecule is CS(=O)(=O)[C@@H]1CS(=O)(=O)C[C@H]1O. The summed E-state index contributed by atoms with van der Waals surface area (Å²) in [6, 6.07) is 0. The van der Waals surface area contributed by atoms with Gasteiger partial charge in [0.1, 0.15) is 5.25 Å². The summed E-state index contributed by atoms with van der Waals surface area (Å²) < 4.78 is 43.6. The average Bonchev–Trinajstić information content (AvgIpc) is 2.03. The Morgan fingerprint density at radius 2 is 1.83 bits per heavy atom. The van der Waals surface area contributed by atoms with E-state index in [2.05, 4.69) is 0 Å². The highest BCUT2D eigenvalue weighted by Gasteiger charge is 2.42. The van der Waals surface area contributed by atoms with Crippen LogP contribution in [0.15, 0.2) is 0 Å². The summed E-state index contributed by atoms with van der Waals surface area (Å²) in [6.45, 7) is 0. The number of aliphatic hydroxyl groups excluding tert-OH is 1. The zero-order valence-electron chi connectivity index (χ0n) is 6.47. The Kier molecular flexibility index (Phi) is 2.22. The first-order valence-electron chi connectivity index (χ1n) is 3.30. The van der Waals surface area contributed by atoms with Crippen LogP contribution < -0.4 is 0 Å². The first kappa shape index (κ1) is 9.94. The molecular formula is C5H10O5S2. The average molecular weight is 214 g/mol. The fourth-order valence-corrected chi connectivity index (χ4v) is 5.22. The number of aliphatic hydroxyl groups is 1. The van der Waals surface area contributed by atoms with E-state index in [-0.39, 0.29) is 0 Å². The van der Waals surface area contributed by atoms with E-state index in [1.807, 2.05) is 0 Å². The zero-order chi connectivity index (χ0) is 9.57. The molecule has 12 heavy (non-hydrogen) atoms. The van der Waals surface area contributed by atoms with E-state index >= 15 is 0 Å². The van der Waals surface area contributed by atoms with Crippen molar-refractivity contribution in [3.63, 3.8) is 0 Å². The summed E-state index contributed by atoms with van der Waals surface area (Å²) in [5, 5.41) is 7.97. The maximum atomic E-state index is 10.9. The number of sulfone groups is 2. The summed E-state index contributed by atoms with van der Waals surface area (Å²) >= 11 is 0. The minimum Gasteiger partial charge on any atom is -0.391 e. The van der Waals surface area contributed by atoms with Crippen molar-refractivity contribution in [3.8, 4) is 0 Å². The van der Waals surface area contributed by atoms with Gasteiger partial charge in [0.2, 0.25) is 0 Å². The van der Waals surface area contributed by atoms with Gasteiger partial charge in [-0.15, -0.1) is 0 Å². The molecule has 0 spiro atoms. The van der Waals surface area contributed by atoms with Crippen LogP contribution in [0.4, 0.5) is 0 Å². The molecule has 0 aromatic carbocycles. The van der Waals surface area contributed by atoms with Crippen molar-refractivity contribution < 1.29 is 21.9 Å². The second kappa shape index (κ2) is 2.68. The third-order valence-corrected chi connectivity index (χ3v) is 5.33. The van der Waals surface area contributed by atoms with Crippen molar-refractivity contribution in [3.05, 3.63) is 0 Å². The Bertz CT molecular complexity index is 365. The predicted molar refractivity (Wildman–Crippen MR) is 43.3 cm³/mol. The second-order valence-corrected chi connectivity index (χ2v) is 7.43. The molecule has 0 radical (unpaired) electrons. The molecular weight excluding hydrogens is 204 g/mol. The van der Waals surface area contributed by atoms with Crippen LogP contribution in [0.1, 0.15) is 0 Å². The van der Waals surface area contributed by atoms with Gasteiger partial charge >= 0.3 is 0 Å². The Labute approximate surface area is 71.2 Å². The smallest absolute Gasteiger partial charge is 0.154 e. The Morgan fingerprint density at radius 3 is 2.00 bits per heavy atom. The molecule has 0 aromatic heterocycles. The lowest BCUT2D eigenvalue weighted by Gasteiger charge is -2.08. The molecule has 1 aliphatic heterocycles. The van der Waals surface area contributed by atoms with Crippen molar-refractivity contribution in [2.24, 2.45) is 0 Å². The normalized spacial score (nSPS) is 35.2. The molecule has 2 atom stereocenters. The zero-order valence-corrected chi connectivity index (χ0v) is 8.10. The summed E-state index contributed by atoms with van der Waals surface area (Å²) in [7, 11) is -6.81. The quantitative estimate of drug-likeness (QED) is 0.555. The van der Waals surface area contributed by atoms with Gasteiger partial charge in [0, 0.05) is 6.26 Å². The van der Waals surface area contributed by atoms with E-state index in [4.69, 9.17) is 5.11 Å². The molecule has 7 heteroatoms. The molecule has 0 aliphatic carbocycles. The first-order valence-corrected chi connectivity index (χ1v) is 7.07. The van der Waals surface area contributed by atoms with Crippen LogP contribution in [0.25, 0.3) is 0 Å². The molecule has 0 amide bonds. The lowest BCUT2D eigenvalue weighted by molar-refractivity contribution is 0.204. The minimum atomic E-state index is -3.45. The highest BCUT2D eigenvalue weighted by molar-refractivity contribution is 7.96. The van der Waals surface area contributed by atoms with Gasteiger partial charge in [-0.1, -0.05) is 0 Å². The van der Waals surface area contributed by atoms with Crippen molar-refractivity contribution in [2.75, 3.05) is 17.8 Å². The van der Waals surface area contributed by atoms with E-state index in [1.54, 1.807) is 0 Å². The first-order chi connectivity index (χ1) is 5.22. The molecule has 72 valence electrons. The molecule has 1 fully saturated rings. The maximum absolute atomic E-state index is 10.9. The minimum absolute atomic E-state index is 0.440. The van der Waals surface area contributed by atoms with Crippen molar-refractivity contribution in [1.82, 2.24) is 0 Å². The lowest BCUT2D eigenvalue weighted by atomic mass is 10.3. The van der Waals surface area contributed by atoms with Crippen LogP contribution in [0.2, 0.25) is 0 Å². The summed E-state index contributed by atoms with van der Waals surface area (Å²) in [5.74, 6) is -0.891. The van der Waals surface area contributed by atoms with Crippen LogP contribution in [0, 0.1) is 0 Å². The topological polar surface area (TPSA) is 88.5 Å². The molecule has 1 heterocycles. The molecule has 1 saturated heterocycles. The molecule has 1 aliphatic rings. The van der Waals surface area contributed by atoms with E-state index in [0.29, 0.717) is 0 Å². The van der Waals surface area contributed by atoms with Crippen LogP contribution in [-0.2, 0) is 19.7 Å². The Hall–Kier alpha value is -0.140. The van der Waals surface area contributed by atoms with Gasteiger partial charge in [-0.25, -0.2) is 16.8 Å². The standard InChI is InChI=1S/C5H10O5S2/c1-11(7,8)5-3-12(9,10)2-4(5)6/h4-6H,2-3H2,1H3/t4-,5-/m1/s1. The van der Waals surface area contributed by atoms with Crippen LogP contribution >= 0.6 is 0 Å². The van der Waals surface area contributed by atoms with E-state index < -0.39 is 42.5 Å². The molecule has 0 unspecified atom stereocenters. The van der Waals surface area contributed by atoms with E-state index in [0.717, 1.165) is 6.26 Å². The third kappa shape index (κ3) is 1.96. The molecule has 0 aromatic rings. The maximum Gasteiger partial charge on any atom is 0.154 e. The van der Waals surface area contributed by atoms with Crippen molar-refractivity contribution in [2.45, 2.75) is 11.4 Å². The van der Waals surface area contributed by atoms with Crippen LogP contribution in [0.3, 0.4) is 0 Å². The monoisotopic (exact) mass is 214 g/mol. The van der Waals surface area contributed by atoms with E-state index in [9.17, 15) is 16.8 Å². The van der Waals surface area contributed by atoms with Gasteiger partial charge in [0.05, 0.1) is 17.6 Å². The van der Waals surface area contributed by atoms with Crippen LogP contribution in [-0.4, -0.2) is 51.1 Å². The van der Waals surface area contributed by atoms with Gasteiger partial charge in [0.15, 0.2) is 19.7 Å². The van der Waals surface area contributed by atoms with Gasteiger partial charge in [0.25, 0.3) is 0 Å². The fourth-order valence-electron chi connectivity index (χ4n) is 1.21. The summed E-state index contributed by atoms with van der Waals surface area (Å²) in [4.78, 5) is 0. The fraction of sp³-hybridized carbons (Fsp3) is 1.00. The molecule has 1 rings (SSSR count). The lowest BCUT2D eigenvalue weighted by Crippen LogP contribution is -2.31. The van der Waals surface area contributed by atoms with Crippen molar-refractivity contribution in [1.29, 1.82) is 0 Å². The van der Waals surface area contributed by atoms with Gasteiger partial charge in [-0.3, -0.25) is 0 Å². The second-order valence-electron chi connectivity index (χ2n) is 3.01. The molecule has 0 bridgehead atoms. The highest BCUT2D eigenvalue weighted by atomic mass is 32.2. The van der Waals surface area contributed by atoms with Crippen LogP contribution in [0.5, 0.6) is 0 Å². The highest BCUT2D eigenvalue weighted by Crippen LogP contribution is 2.18. The van der Waals surface area contributed by atoms with E-state index in [1.165, 1.54) is 0 Å². The van der Waals surface area contributed by atoms with Crippen molar-refractivity contribution >= 4 is 19.7 Å². The summed E-state index contributed by atoms with van der Waals surface area (Å²) in [6.07, 6.45) is -0.327. The summed E-state index contributed by atoms with van der Waals surface area (Å²) in [5.41, 5.74) is 0. The Morgan fingerprint density at radius 1 is 1.33 bits per heavy atom. The Balaban J connectivity index is 3.01. The largest absolute Gasteiger partial charge is 0.391 e. The molecule has 5 nitrogen and oxygen atoms in total. The third-order valence-electron chi connectivity index (χ3n) is 1.82. The molecule has 1 N–H and O–H groups in total. The van der Waals surface area contributed by atoms with Gasteiger partial charge in [-0.05, 0) is 0 Å². The number of hydrogen-bond acceptors (Lipinski definition) is 5. The van der Waals surface area contributed by atoms with Gasteiger partial charge < -0.3 is 5.11 Å². The predicted octanol–water partition coefficient (Wildman–Crippen LogP) is -1.81. The number of hydrogen-bond donors (Lipinski definition) is 1. The van der Waals surface area contributed by atoms with Gasteiger partial charge in [-0.2, -0.15) is 0 Å².